The van der Waals surface area contributed by atoms with Gasteiger partial charge < -0.3 is 51.1 Å². The van der Waals surface area contributed by atoms with Crippen molar-refractivity contribution in [1.29, 1.82) is 5.26 Å². The van der Waals surface area contributed by atoms with Gasteiger partial charge in [-0.2, -0.15) is 25.7 Å². The lowest BCUT2D eigenvalue weighted by atomic mass is 10.1. The largest absolute Gasteiger partial charge is 0.468 e. The summed E-state index contributed by atoms with van der Waals surface area (Å²) in [7, 11) is 5.22. The van der Waals surface area contributed by atoms with Crippen LogP contribution in [0.1, 0.15) is 67.6 Å². The number of hydrogen-bond donors (Lipinski definition) is 5. The molecule has 0 aliphatic heterocycles. The molecule has 3 amide bonds. The first-order valence-electron chi connectivity index (χ1n) is 33.7. The molecule has 34 heteroatoms. The Balaban J connectivity index is 0.000000245. The molecule has 33 nitrogen and oxygen atoms in total. The summed E-state index contributed by atoms with van der Waals surface area (Å²) >= 11 is 2.08. The SMILES string of the molecule is C#Cc1ccccc1.CCOC(=O)CCN.COC(=O)Cn1nc(-c2cccnc2)c(C#Cc2ccccc2)c1NC(C)=O.COC(=O)Cn1nc(-c2cccnc2)c(I)c1NC(C)=O.COC(=O)Cn1nc(-c2cccnc2)cc1N.COC(=O)Cn1nc(-c2cccnc2)cc1NC(C)=O.N#CCC(=O)c1cccnc1. The minimum Gasteiger partial charge on any atom is -0.468 e. The highest BCUT2D eigenvalue weighted by Gasteiger charge is 2.23. The van der Waals surface area contributed by atoms with E-state index in [1.165, 1.54) is 74.1 Å². The molecule has 9 aromatic heterocycles. The maximum Gasteiger partial charge on any atom is 0.327 e. The Morgan fingerprint density at radius 2 is 0.920 bits per heavy atom. The molecule has 11 aromatic rings. The number of nitrogens with one attached hydrogen (secondary N) is 3. The predicted molar refractivity (Wildman–Crippen MR) is 426 cm³/mol. The molecule has 0 aliphatic rings. The van der Waals surface area contributed by atoms with Crippen LogP contribution in [0, 0.1) is 39.1 Å². The Labute approximate surface area is 664 Å². The van der Waals surface area contributed by atoms with Gasteiger partial charge in [-0.25, -0.2) is 18.7 Å². The van der Waals surface area contributed by atoms with Gasteiger partial charge >= 0.3 is 29.8 Å². The average Bonchev–Trinajstić information content (AvgIpc) is 1.65. The number of hydrogen-bond acceptors (Lipinski definition) is 26. The number of esters is 5. The molecule has 0 aliphatic carbocycles. The number of ether oxygens (including phenoxy) is 5. The summed E-state index contributed by atoms with van der Waals surface area (Å²) in [4.78, 5) is 121. The van der Waals surface area contributed by atoms with Crippen LogP contribution in [0.15, 0.2) is 195 Å². The summed E-state index contributed by atoms with van der Waals surface area (Å²) in [5, 5.41) is 33.6. The van der Waals surface area contributed by atoms with Gasteiger partial charge in [0.1, 0.15) is 60.8 Å². The molecular weight excluding hydrogens is 1570 g/mol. The first-order valence-corrected chi connectivity index (χ1v) is 34.8. The van der Waals surface area contributed by atoms with Crippen molar-refractivity contribution in [3.8, 4) is 75.3 Å². The van der Waals surface area contributed by atoms with Crippen molar-refractivity contribution in [2.75, 3.05) is 63.3 Å². The maximum atomic E-state index is 11.8. The monoisotopic (exact) mass is 1650 g/mol. The molecule has 0 fully saturated rings. The number of nitriles is 1. The van der Waals surface area contributed by atoms with Gasteiger partial charge in [-0.1, -0.05) is 54.2 Å². The third-order valence-corrected chi connectivity index (χ3v) is 15.1. The quantitative estimate of drug-likeness (QED) is 0.0156. The van der Waals surface area contributed by atoms with Gasteiger partial charge in [-0.05, 0) is 114 Å². The van der Waals surface area contributed by atoms with E-state index in [1.54, 1.807) is 111 Å². The van der Waals surface area contributed by atoms with Gasteiger partial charge in [-0.15, -0.1) is 6.42 Å². The molecule has 0 saturated carbocycles. The number of methoxy groups -OCH3 is 4. The van der Waals surface area contributed by atoms with E-state index in [1.807, 2.05) is 91.0 Å². The molecule has 0 spiro atoms. The second kappa shape index (κ2) is 48.8. The van der Waals surface area contributed by atoms with E-state index in [-0.39, 0.29) is 62.1 Å². The van der Waals surface area contributed by atoms with Gasteiger partial charge in [0.2, 0.25) is 17.7 Å². The molecule has 113 heavy (non-hydrogen) atoms. The number of Topliss-reactive ketones (excluding diaryl/α,β-unsaturated/α-hetero) is 1. The number of nitrogen functional groups attached to an aromatic ring is 1. The Morgan fingerprint density at radius 1 is 0.496 bits per heavy atom. The van der Waals surface area contributed by atoms with E-state index < -0.39 is 23.9 Å². The second-order valence-corrected chi connectivity index (χ2v) is 23.4. The van der Waals surface area contributed by atoms with Gasteiger partial charge in [0.15, 0.2) is 5.78 Å². The third-order valence-electron chi connectivity index (χ3n) is 14.1. The summed E-state index contributed by atoms with van der Waals surface area (Å²) in [6.07, 6.45) is 21.7. The fraction of sp³-hybridized carbons (Fsp3) is 0.203. The van der Waals surface area contributed by atoms with Gasteiger partial charge in [0, 0.05) is 140 Å². The van der Waals surface area contributed by atoms with Crippen LogP contribution in [0.2, 0.25) is 0 Å². The van der Waals surface area contributed by atoms with E-state index >= 15 is 0 Å². The predicted octanol–water partition coefficient (Wildman–Crippen LogP) is 8.68. The molecular formula is C79H80IN19O14. The summed E-state index contributed by atoms with van der Waals surface area (Å²) in [5.74, 6) is 7.38. The minimum atomic E-state index is -0.491. The normalized spacial score (nSPS) is 9.70. The fourth-order valence-electron chi connectivity index (χ4n) is 8.90. The molecule has 0 bridgehead atoms. The van der Waals surface area contributed by atoms with Crippen molar-refractivity contribution in [2.45, 2.75) is 66.7 Å². The smallest absolute Gasteiger partial charge is 0.327 e. The zero-order valence-electron chi connectivity index (χ0n) is 62.7. The molecule has 11 rings (SSSR count). The maximum absolute atomic E-state index is 11.8. The van der Waals surface area contributed by atoms with Crippen molar-refractivity contribution < 1.29 is 66.8 Å². The number of nitrogens with zero attached hydrogens (tertiary/aromatic N) is 14. The average molecular weight is 1650 g/mol. The van der Waals surface area contributed by atoms with Gasteiger partial charge in [-0.3, -0.25) is 68.1 Å². The van der Waals surface area contributed by atoms with Crippen molar-refractivity contribution in [3.05, 3.63) is 221 Å². The number of pyridine rings is 5. The Hall–Kier alpha value is -14.4. The third kappa shape index (κ3) is 31.0. The second-order valence-electron chi connectivity index (χ2n) is 22.4. The standard InChI is InChI=1S/C21H18N4O3.C13H13IN4O3.C13H14N4O3.C11H12N4O2.C8H6N2O.C8H6.C5H11NO2/c1-15(26)23-21-18(11-10-16-7-4-3-5-8-16)20(17-9-6-12-22-13-17)24-25(21)14-19(27)28-2;1-8(19)16-13-11(14)12(9-4-3-5-15-6-9)17-18(13)7-10(20)21-2;1-9(18)15-12-6-11(10-4-3-5-14-7-10)16-17(12)8-13(19)20-2;1-17-11(16)7-15-10(12)5-9(14-15)8-3-2-4-13-6-8;9-4-3-8(11)7-2-1-5-10-6-7;1-2-8-6-4-3-5-7-8;1-2-8-5(7)3-4-6/h3-9,12-13H,14H2,1-2H3,(H,23,26);3-6H,7H2,1-2H3,(H,16,19);3-7H,8H2,1-2H3,(H,15,18);2-6H,7,12H2,1H3;1-2,5-6H,3H2;1,3-7H;2-4,6H2,1H3. The Kier molecular flexibility index (Phi) is 38.5. The Morgan fingerprint density at radius 3 is 1.35 bits per heavy atom. The van der Waals surface area contributed by atoms with Crippen LogP contribution in [0.3, 0.4) is 0 Å². The van der Waals surface area contributed by atoms with Gasteiger partial charge in [0.05, 0.1) is 74.5 Å². The molecule has 7 N–H and O–H groups in total. The summed E-state index contributed by atoms with van der Waals surface area (Å²) < 4.78 is 29.4. The first kappa shape index (κ1) is 89.2. The van der Waals surface area contributed by atoms with E-state index in [2.05, 4.69) is 121 Å². The number of aromatic nitrogens is 13. The van der Waals surface area contributed by atoms with Crippen LogP contribution in [-0.4, -0.2) is 159 Å². The molecule has 0 radical (unpaired) electrons. The van der Waals surface area contributed by atoms with Crippen molar-refractivity contribution in [3.63, 3.8) is 0 Å². The van der Waals surface area contributed by atoms with Gasteiger partial charge in [0.25, 0.3) is 0 Å². The number of amides is 3. The topological polar surface area (TPSA) is 447 Å². The summed E-state index contributed by atoms with van der Waals surface area (Å²) in [6.45, 7) is 6.44. The lowest BCUT2D eigenvalue weighted by Gasteiger charge is -2.06. The highest BCUT2D eigenvalue weighted by atomic mass is 127. The first-order chi connectivity index (χ1) is 54.5. The highest BCUT2D eigenvalue weighted by molar-refractivity contribution is 14.1. The van der Waals surface area contributed by atoms with E-state index in [0.717, 1.165) is 37.0 Å². The zero-order valence-corrected chi connectivity index (χ0v) is 64.9. The number of terminal acetylenes is 1. The van der Waals surface area contributed by atoms with Crippen LogP contribution >= 0.6 is 22.6 Å². The van der Waals surface area contributed by atoms with E-state index in [9.17, 15) is 43.2 Å². The lowest BCUT2D eigenvalue weighted by molar-refractivity contribution is -0.143. The highest BCUT2D eigenvalue weighted by Crippen LogP contribution is 2.31. The van der Waals surface area contributed by atoms with Crippen LogP contribution in [0.25, 0.3) is 45.0 Å². The van der Waals surface area contributed by atoms with Crippen molar-refractivity contribution in [1.82, 2.24) is 64.0 Å². The van der Waals surface area contributed by atoms with E-state index in [0.29, 0.717) is 76.7 Å². The van der Waals surface area contributed by atoms with Crippen LogP contribution in [0.5, 0.6) is 0 Å². The van der Waals surface area contributed by atoms with Crippen molar-refractivity contribution in [2.24, 2.45) is 5.73 Å². The molecule has 2 aromatic carbocycles. The van der Waals surface area contributed by atoms with Crippen LogP contribution < -0.4 is 27.4 Å². The number of rotatable bonds is 20. The van der Waals surface area contributed by atoms with Crippen LogP contribution in [0.4, 0.5) is 23.3 Å². The minimum absolute atomic E-state index is 0.00257. The Bertz CT molecular complexity index is 5060. The molecule has 582 valence electrons. The number of ketones is 1. The van der Waals surface area contributed by atoms with E-state index in [4.69, 9.17) is 27.9 Å². The van der Waals surface area contributed by atoms with Crippen LogP contribution in [-0.2, 0) is 88.2 Å². The number of halogens is 1. The zero-order chi connectivity index (χ0) is 82.5. The molecule has 0 atom stereocenters. The molecule has 0 unspecified atom stereocenters. The number of benzene rings is 2. The molecule has 0 saturated heterocycles. The number of carbonyl (C=O) groups is 9. The lowest BCUT2D eigenvalue weighted by Crippen LogP contribution is -2.18. The number of carbonyl (C=O) groups excluding carboxylic acids is 9. The fourth-order valence-corrected chi connectivity index (χ4v) is 9.73. The molecule has 9 heterocycles. The number of anilines is 4. The summed E-state index contributed by atoms with van der Waals surface area (Å²) in [5.41, 5.74) is 19.2. The van der Waals surface area contributed by atoms with Crippen molar-refractivity contribution >= 4 is 99.2 Å². The number of nitrogens with two attached hydrogens (primary N) is 2. The summed E-state index contributed by atoms with van der Waals surface area (Å²) in [6, 6.07) is 42.1.